The second-order valence-corrected chi connectivity index (χ2v) is 23.0. The molecule has 1 aliphatic heterocycles. The van der Waals surface area contributed by atoms with Crippen LogP contribution in [0.1, 0.15) is 252 Å². The normalized spacial score (nSPS) is 16.8. The fourth-order valence-corrected chi connectivity index (χ4v) is 12.0. The maximum atomic E-state index is 12.8. The van der Waals surface area contributed by atoms with Gasteiger partial charge in [0.1, 0.15) is 24.7 Å². The van der Waals surface area contributed by atoms with Crippen LogP contribution in [0.5, 0.6) is 11.5 Å². The molecule has 0 saturated carbocycles. The average molecular weight is 1040 g/mol. The highest BCUT2D eigenvalue weighted by molar-refractivity contribution is 5.72. The Labute approximate surface area is 462 Å². The molecule has 1 fully saturated rings. The van der Waals surface area contributed by atoms with Crippen molar-refractivity contribution in [3.63, 3.8) is 0 Å². The lowest BCUT2D eigenvalue weighted by Crippen LogP contribution is -2.42. The molecule has 0 aliphatic carbocycles. The quantitative estimate of drug-likeness (QED) is 0.0358. The van der Waals surface area contributed by atoms with E-state index in [9.17, 15) is 15.0 Å². The minimum Gasteiger partial charge on any atom is -0.489 e. The van der Waals surface area contributed by atoms with Crippen molar-refractivity contribution in [1.82, 2.24) is 0 Å². The van der Waals surface area contributed by atoms with E-state index in [1.165, 1.54) is 97.6 Å². The average Bonchev–Trinajstić information content (AvgIpc) is 3.80. The van der Waals surface area contributed by atoms with Gasteiger partial charge in [0.15, 0.2) is 5.60 Å². The van der Waals surface area contributed by atoms with Gasteiger partial charge >= 0.3 is 5.97 Å². The zero-order valence-electron chi connectivity index (χ0n) is 49.7. The zero-order chi connectivity index (χ0) is 55.4. The van der Waals surface area contributed by atoms with E-state index in [0.29, 0.717) is 25.7 Å². The van der Waals surface area contributed by atoms with Gasteiger partial charge in [-0.15, -0.1) is 0 Å². The van der Waals surface area contributed by atoms with Crippen LogP contribution in [0.15, 0.2) is 84.9 Å². The maximum absolute atomic E-state index is 12.8. The van der Waals surface area contributed by atoms with Crippen LogP contribution < -0.4 is 9.47 Å². The molecule has 0 bridgehead atoms. The summed E-state index contributed by atoms with van der Waals surface area (Å²) in [6, 6.07) is 26.8. The Morgan fingerprint density at radius 1 is 0.487 bits per heavy atom. The molecule has 5 rings (SSSR count). The van der Waals surface area contributed by atoms with E-state index >= 15 is 0 Å². The lowest BCUT2D eigenvalue weighted by atomic mass is 9.70. The van der Waals surface area contributed by atoms with Crippen LogP contribution in [0.4, 0.5) is 0 Å². The number of ether oxygens (including phenoxy) is 3. The number of benzene rings is 4. The number of carbonyl (C=O) groups is 1. The van der Waals surface area contributed by atoms with E-state index in [0.717, 1.165) is 85.1 Å². The smallest absolute Gasteiger partial charge is 0.306 e. The third-order valence-electron chi connectivity index (χ3n) is 17.9. The van der Waals surface area contributed by atoms with E-state index < -0.39 is 16.8 Å². The molecule has 4 aromatic carbocycles. The summed E-state index contributed by atoms with van der Waals surface area (Å²) in [5, 5.41) is 22.9. The summed E-state index contributed by atoms with van der Waals surface area (Å²) in [6.07, 6.45) is 30.6. The Morgan fingerprint density at radius 3 is 1.16 bits per heavy atom. The number of aryl methyl sites for hydroxylation is 4. The van der Waals surface area contributed by atoms with Crippen LogP contribution in [0.2, 0.25) is 0 Å². The number of unbranched alkanes of at least 4 members (excludes halogenated alkanes) is 10. The minimum atomic E-state index is -0.913. The lowest BCUT2D eigenvalue weighted by Gasteiger charge is -2.35. The minimum absolute atomic E-state index is 0.188. The summed E-state index contributed by atoms with van der Waals surface area (Å²) in [5.74, 6) is 1.32. The molecule has 1 saturated heterocycles. The molecule has 418 valence electrons. The molecule has 6 nitrogen and oxygen atoms in total. The molecule has 0 spiro atoms. The third kappa shape index (κ3) is 16.0. The first-order valence-electron chi connectivity index (χ1n) is 30.2. The van der Waals surface area contributed by atoms with Gasteiger partial charge in [0, 0.05) is 23.7 Å². The number of hydrogen-bond acceptors (Lipinski definition) is 6. The summed E-state index contributed by atoms with van der Waals surface area (Å²) in [7, 11) is 0. The number of hydrogen-bond donors (Lipinski definition) is 2. The molecule has 4 aromatic rings. The Balaban J connectivity index is 1.27. The molecule has 1 heterocycles. The van der Waals surface area contributed by atoms with E-state index in [1.807, 2.05) is 12.2 Å². The lowest BCUT2D eigenvalue weighted by molar-refractivity contribution is -0.153. The van der Waals surface area contributed by atoms with Crippen LogP contribution in [0.3, 0.4) is 0 Å². The van der Waals surface area contributed by atoms with Crippen LogP contribution in [0, 0.1) is 27.7 Å². The van der Waals surface area contributed by atoms with Crippen molar-refractivity contribution in [1.29, 1.82) is 0 Å². The van der Waals surface area contributed by atoms with Crippen molar-refractivity contribution in [2.24, 2.45) is 0 Å². The molecular formula is C70H102O6. The van der Waals surface area contributed by atoms with Gasteiger partial charge in [0.05, 0.1) is 11.2 Å². The predicted octanol–water partition coefficient (Wildman–Crippen LogP) is 18.5. The van der Waals surface area contributed by atoms with Crippen LogP contribution in [-0.4, -0.2) is 46.2 Å². The second kappa shape index (κ2) is 29.4. The highest BCUT2D eigenvalue weighted by atomic mass is 16.6. The Bertz CT molecular complexity index is 2330. The first-order valence-corrected chi connectivity index (χ1v) is 30.2. The van der Waals surface area contributed by atoms with Crippen molar-refractivity contribution in [3.8, 4) is 11.5 Å². The summed E-state index contributed by atoms with van der Waals surface area (Å²) in [5.41, 5.74) is 9.00. The van der Waals surface area contributed by atoms with Crippen LogP contribution >= 0.6 is 0 Å². The summed E-state index contributed by atoms with van der Waals surface area (Å²) in [4.78, 5) is 12.8. The molecule has 0 radical (unpaired) electrons. The zero-order valence-corrected chi connectivity index (χ0v) is 49.7. The van der Waals surface area contributed by atoms with Crippen molar-refractivity contribution in [2.45, 2.75) is 252 Å². The van der Waals surface area contributed by atoms with Gasteiger partial charge in [0.25, 0.3) is 0 Å². The first kappa shape index (κ1) is 62.2. The fraction of sp³-hybridized carbons (Fsp3) is 0.586. The number of carbonyl (C=O) groups excluding carboxylic acids is 1. The molecule has 0 amide bonds. The molecule has 3 atom stereocenters. The third-order valence-corrected chi connectivity index (χ3v) is 17.9. The van der Waals surface area contributed by atoms with Gasteiger partial charge < -0.3 is 24.4 Å². The van der Waals surface area contributed by atoms with Crippen LogP contribution in [-0.2, 0) is 20.4 Å². The number of rotatable bonds is 34. The Kier molecular flexibility index (Phi) is 24.0. The summed E-state index contributed by atoms with van der Waals surface area (Å²) in [6.45, 7) is 26.7. The topological polar surface area (TPSA) is 85.2 Å². The van der Waals surface area contributed by atoms with Gasteiger partial charge in [-0.25, -0.2) is 0 Å². The Hall–Kier alpha value is -4.65. The summed E-state index contributed by atoms with van der Waals surface area (Å²) < 4.78 is 19.3. The second-order valence-electron chi connectivity index (χ2n) is 23.0. The van der Waals surface area contributed by atoms with Gasteiger partial charge in [-0.05, 0) is 147 Å². The van der Waals surface area contributed by atoms with E-state index in [1.54, 1.807) is 0 Å². The highest BCUT2D eigenvalue weighted by Crippen LogP contribution is 2.43. The molecule has 6 heteroatoms. The fourth-order valence-electron chi connectivity index (χ4n) is 12.0. The molecule has 76 heavy (non-hydrogen) atoms. The van der Waals surface area contributed by atoms with Crippen LogP contribution in [0.25, 0.3) is 12.2 Å². The van der Waals surface area contributed by atoms with Crippen molar-refractivity contribution < 1.29 is 29.2 Å². The van der Waals surface area contributed by atoms with E-state index in [4.69, 9.17) is 14.2 Å². The van der Waals surface area contributed by atoms with Gasteiger partial charge in [-0.1, -0.05) is 217 Å². The molecule has 2 N–H and O–H groups in total. The molecule has 1 aliphatic rings. The van der Waals surface area contributed by atoms with Gasteiger partial charge in [0.2, 0.25) is 0 Å². The largest absolute Gasteiger partial charge is 0.489 e. The van der Waals surface area contributed by atoms with Crippen molar-refractivity contribution in [2.75, 3.05) is 13.2 Å². The molecule has 2 unspecified atom stereocenters. The van der Waals surface area contributed by atoms with E-state index in [2.05, 4.69) is 168 Å². The van der Waals surface area contributed by atoms with Gasteiger partial charge in [-0.2, -0.15) is 0 Å². The number of aliphatic hydroxyl groups is 2. The van der Waals surface area contributed by atoms with Crippen molar-refractivity contribution in [3.05, 3.63) is 141 Å². The van der Waals surface area contributed by atoms with Gasteiger partial charge in [-0.3, -0.25) is 4.79 Å². The number of esters is 1. The SMILES string of the molecule is CCCCCCCCC(O)(C=Cc1ccc(C(CC)(CC)c2ccc(OCC3(COc4ccc(C(CC)(CC)c5ccc(C=C[C@](O)(CC)CCCCCCCC)c(C)c5)cc4C)CCC(=O)O3)c(C)c2)cc1C)CC. The first-order chi connectivity index (χ1) is 36.5. The van der Waals surface area contributed by atoms with Crippen molar-refractivity contribution >= 4 is 18.1 Å². The highest BCUT2D eigenvalue weighted by Gasteiger charge is 2.43. The standard InChI is InChI=1S/C70H102O6/c1-13-21-23-25-27-29-42-66(72,15-3)44-39-57-31-33-59(47-53(57)9)69(17-5,18-6)61-35-37-63(55(11)49-61)74-51-68(46-41-65(71)76-68)52-75-64-38-36-62(50-56(64)12)70(19-7,20-8)60-34-32-58(54(10)48-60)40-45-67(73,16-4)43-30-28-26-24-22-14-2/h31-40,44-45,47-50,72-73H,13-30,41-43,46,51-52H2,1-12H3/t66-,67?,68?/m0/s1. The summed E-state index contributed by atoms with van der Waals surface area (Å²) >= 11 is 0. The number of cyclic esters (lactones) is 1. The monoisotopic (exact) mass is 1040 g/mol. The predicted molar refractivity (Wildman–Crippen MR) is 321 cm³/mol. The molecule has 0 aromatic heterocycles. The van der Waals surface area contributed by atoms with E-state index in [-0.39, 0.29) is 30.0 Å². The molecular weight excluding hydrogens is 937 g/mol. The Morgan fingerprint density at radius 2 is 0.842 bits per heavy atom. The maximum Gasteiger partial charge on any atom is 0.306 e.